The second-order valence-electron chi connectivity index (χ2n) is 3.54. The highest BCUT2D eigenvalue weighted by atomic mass is 16.5. The standard InChI is InChI=1S/C6H14O2.CH5BO2/c1-5(2,7)6(3,4)8;1-4-2-3/h7-8H,1-4H3;2-3H,1H3. The summed E-state index contributed by atoms with van der Waals surface area (Å²) >= 11 is 0. The molecule has 4 nitrogen and oxygen atoms in total. The summed E-state index contributed by atoms with van der Waals surface area (Å²) < 4.78 is 4.10. The van der Waals surface area contributed by atoms with Crippen molar-refractivity contribution in [2.75, 3.05) is 7.11 Å². The van der Waals surface area contributed by atoms with Crippen molar-refractivity contribution in [2.24, 2.45) is 0 Å². The first kappa shape index (κ1) is 14.4. The molecular weight excluding hydrogens is 159 g/mol. The summed E-state index contributed by atoms with van der Waals surface area (Å²) in [5, 5.41) is 25.9. The SMILES string of the molecule is CC(C)(O)C(C)(C)O.COBO. The van der Waals surface area contributed by atoms with Crippen LogP contribution in [0.3, 0.4) is 0 Å². The molecule has 0 spiro atoms. The molecule has 3 N–H and O–H groups in total. The molecule has 0 aromatic rings. The molecule has 0 unspecified atom stereocenters. The molecule has 0 fully saturated rings. The van der Waals surface area contributed by atoms with Gasteiger partial charge in [0, 0.05) is 7.11 Å². The second-order valence-corrected chi connectivity index (χ2v) is 3.54. The fourth-order valence-corrected chi connectivity index (χ4v) is 0. The molecule has 74 valence electrons. The molecule has 0 amide bonds. The van der Waals surface area contributed by atoms with E-state index in [2.05, 4.69) is 4.65 Å². The Morgan fingerprint density at radius 2 is 1.17 bits per heavy atom. The van der Waals surface area contributed by atoms with E-state index in [-0.39, 0.29) is 7.69 Å². The van der Waals surface area contributed by atoms with E-state index in [0.717, 1.165) is 0 Å². The Hall–Kier alpha value is -0.0951. The fraction of sp³-hybridized carbons (Fsp3) is 1.00. The van der Waals surface area contributed by atoms with Gasteiger partial charge in [-0.1, -0.05) is 0 Å². The van der Waals surface area contributed by atoms with Crippen molar-refractivity contribution in [1.82, 2.24) is 0 Å². The van der Waals surface area contributed by atoms with E-state index in [1.807, 2.05) is 0 Å². The third-order valence-corrected chi connectivity index (χ3v) is 1.63. The number of hydrogen-bond acceptors (Lipinski definition) is 4. The maximum absolute atomic E-state index is 9.10. The van der Waals surface area contributed by atoms with Gasteiger partial charge in [0.15, 0.2) is 0 Å². The summed E-state index contributed by atoms with van der Waals surface area (Å²) in [6.45, 7) is 6.31. The monoisotopic (exact) mass is 178 g/mol. The van der Waals surface area contributed by atoms with Crippen LogP contribution >= 0.6 is 0 Å². The van der Waals surface area contributed by atoms with Crippen LogP contribution in [0.1, 0.15) is 27.7 Å². The molecule has 0 bridgehead atoms. The lowest BCUT2D eigenvalue weighted by Gasteiger charge is -2.31. The number of aliphatic hydroxyl groups is 2. The molecule has 0 aliphatic carbocycles. The molecule has 0 aliphatic rings. The molecule has 0 radical (unpaired) electrons. The van der Waals surface area contributed by atoms with Crippen LogP contribution in [0.2, 0.25) is 0 Å². The van der Waals surface area contributed by atoms with Crippen LogP contribution in [0.5, 0.6) is 0 Å². The van der Waals surface area contributed by atoms with Crippen LogP contribution in [0, 0.1) is 0 Å². The van der Waals surface area contributed by atoms with E-state index >= 15 is 0 Å². The maximum atomic E-state index is 9.10. The summed E-state index contributed by atoms with van der Waals surface area (Å²) in [5.74, 6) is 0. The van der Waals surface area contributed by atoms with Crippen molar-refractivity contribution < 1.29 is 19.9 Å². The van der Waals surface area contributed by atoms with E-state index in [0.29, 0.717) is 0 Å². The molecule has 5 heteroatoms. The largest absolute Gasteiger partial charge is 0.435 e. The summed E-state index contributed by atoms with van der Waals surface area (Å²) in [7, 11) is 1.25. The first-order valence-corrected chi connectivity index (χ1v) is 3.71. The highest BCUT2D eigenvalue weighted by molar-refractivity contribution is 6.15. The van der Waals surface area contributed by atoms with Crippen LogP contribution in [0.25, 0.3) is 0 Å². The minimum atomic E-state index is -1.01. The first-order chi connectivity index (χ1) is 5.16. The van der Waals surface area contributed by atoms with E-state index in [1.165, 1.54) is 7.11 Å². The van der Waals surface area contributed by atoms with Crippen molar-refractivity contribution >= 4 is 7.69 Å². The Bertz CT molecular complexity index is 89.0. The van der Waals surface area contributed by atoms with Gasteiger partial charge in [0.25, 0.3) is 0 Å². The van der Waals surface area contributed by atoms with Gasteiger partial charge in [-0.2, -0.15) is 0 Å². The van der Waals surface area contributed by atoms with Gasteiger partial charge in [0.2, 0.25) is 0 Å². The minimum Gasteiger partial charge on any atom is -0.430 e. The van der Waals surface area contributed by atoms with Crippen LogP contribution in [-0.2, 0) is 4.65 Å². The molecule has 0 rings (SSSR count). The van der Waals surface area contributed by atoms with Gasteiger partial charge in [-0.05, 0) is 27.7 Å². The molecule has 0 atom stereocenters. The smallest absolute Gasteiger partial charge is 0.430 e. The average molecular weight is 178 g/mol. The van der Waals surface area contributed by atoms with Gasteiger partial charge in [0.1, 0.15) is 0 Å². The Labute approximate surface area is 74.5 Å². The highest BCUT2D eigenvalue weighted by Crippen LogP contribution is 2.19. The molecule has 0 saturated carbocycles. The fourth-order valence-electron chi connectivity index (χ4n) is 0. The van der Waals surface area contributed by atoms with Crippen LogP contribution in [0.4, 0.5) is 0 Å². The maximum Gasteiger partial charge on any atom is 0.435 e. The van der Waals surface area contributed by atoms with E-state index < -0.39 is 11.2 Å². The Morgan fingerprint density at radius 1 is 1.00 bits per heavy atom. The van der Waals surface area contributed by atoms with Gasteiger partial charge < -0.3 is 19.9 Å². The average Bonchev–Trinajstić information content (AvgIpc) is 1.84. The zero-order valence-corrected chi connectivity index (χ0v) is 8.46. The minimum absolute atomic E-state index is 0.181. The Morgan fingerprint density at radius 3 is 1.17 bits per heavy atom. The predicted octanol–water partition coefficient (Wildman–Crippen LogP) is -0.580. The van der Waals surface area contributed by atoms with Crippen LogP contribution < -0.4 is 0 Å². The van der Waals surface area contributed by atoms with Gasteiger partial charge in [0.05, 0.1) is 11.2 Å². The number of hydrogen-bond donors (Lipinski definition) is 3. The predicted molar refractivity (Wildman–Crippen MR) is 49.0 cm³/mol. The van der Waals surface area contributed by atoms with E-state index in [9.17, 15) is 0 Å². The first-order valence-electron chi connectivity index (χ1n) is 3.71. The molecule has 0 saturated heterocycles. The van der Waals surface area contributed by atoms with Gasteiger partial charge >= 0.3 is 7.69 Å². The lowest BCUT2D eigenvalue weighted by atomic mass is 9.90. The topological polar surface area (TPSA) is 69.9 Å². The molecular formula is C7H19BO4. The van der Waals surface area contributed by atoms with E-state index in [1.54, 1.807) is 27.7 Å². The summed E-state index contributed by atoms with van der Waals surface area (Å²) in [4.78, 5) is 0. The van der Waals surface area contributed by atoms with Crippen molar-refractivity contribution in [3.8, 4) is 0 Å². The zero-order chi connectivity index (χ0) is 10.4. The third-order valence-electron chi connectivity index (χ3n) is 1.63. The molecule has 12 heavy (non-hydrogen) atoms. The Kier molecular flexibility index (Phi) is 6.65. The highest BCUT2D eigenvalue weighted by Gasteiger charge is 2.31. The van der Waals surface area contributed by atoms with Gasteiger partial charge in [-0.25, -0.2) is 0 Å². The quantitative estimate of drug-likeness (QED) is 0.495. The van der Waals surface area contributed by atoms with Crippen LogP contribution in [0.15, 0.2) is 0 Å². The normalized spacial score (nSPS) is 11.7. The summed E-state index contributed by atoms with van der Waals surface area (Å²) in [6.07, 6.45) is 0. The lowest BCUT2D eigenvalue weighted by molar-refractivity contribution is -0.107. The van der Waals surface area contributed by atoms with E-state index in [4.69, 9.17) is 15.2 Å². The van der Waals surface area contributed by atoms with Crippen molar-refractivity contribution in [2.45, 2.75) is 38.9 Å². The third kappa shape index (κ3) is 8.01. The van der Waals surface area contributed by atoms with Gasteiger partial charge in [-0.15, -0.1) is 0 Å². The number of rotatable bonds is 2. The molecule has 0 aromatic carbocycles. The second kappa shape index (κ2) is 5.53. The molecule has 0 heterocycles. The lowest BCUT2D eigenvalue weighted by Crippen LogP contribution is -2.44. The van der Waals surface area contributed by atoms with Gasteiger partial charge in [-0.3, -0.25) is 0 Å². The van der Waals surface area contributed by atoms with Crippen molar-refractivity contribution in [1.29, 1.82) is 0 Å². The molecule has 0 aliphatic heterocycles. The van der Waals surface area contributed by atoms with Crippen molar-refractivity contribution in [3.63, 3.8) is 0 Å². The zero-order valence-electron chi connectivity index (χ0n) is 8.46. The van der Waals surface area contributed by atoms with Crippen LogP contribution in [-0.4, -0.2) is 41.2 Å². The van der Waals surface area contributed by atoms with Crippen molar-refractivity contribution in [3.05, 3.63) is 0 Å². The Balaban J connectivity index is 0. The summed E-state index contributed by atoms with van der Waals surface area (Å²) in [6, 6.07) is 0. The molecule has 0 aromatic heterocycles. The summed E-state index contributed by atoms with van der Waals surface area (Å²) in [5.41, 5.74) is -2.01.